The summed E-state index contributed by atoms with van der Waals surface area (Å²) in [6.07, 6.45) is 1.07. The van der Waals surface area contributed by atoms with Gasteiger partial charge in [-0.25, -0.2) is 22.9 Å². The number of alkyl halides is 2. The monoisotopic (exact) mass is 631 g/mol. The summed E-state index contributed by atoms with van der Waals surface area (Å²) in [7, 11) is 3.07. The van der Waals surface area contributed by atoms with Crippen LogP contribution < -0.4 is 5.32 Å². The number of hydrogen-bond acceptors (Lipinski definition) is 8. The van der Waals surface area contributed by atoms with E-state index in [1.165, 1.54) is 47.4 Å². The number of carbonyl (C=O) groups is 2. The van der Waals surface area contributed by atoms with E-state index in [1.807, 2.05) is 13.8 Å². The van der Waals surface area contributed by atoms with Crippen molar-refractivity contribution < 1.29 is 27.5 Å². The van der Waals surface area contributed by atoms with Gasteiger partial charge in [0.15, 0.2) is 10.8 Å². The summed E-state index contributed by atoms with van der Waals surface area (Å²) in [5.74, 6) is -3.69. The zero-order valence-electron chi connectivity index (χ0n) is 22.5. The van der Waals surface area contributed by atoms with Crippen LogP contribution in [-0.4, -0.2) is 84.8 Å². The van der Waals surface area contributed by atoms with Crippen LogP contribution in [0.25, 0.3) is 0 Å². The average molecular weight is 633 g/mol. The second kappa shape index (κ2) is 15.1. The molecular formula is C26H33BrF3N5O3S. The van der Waals surface area contributed by atoms with Crippen LogP contribution in [0.3, 0.4) is 0 Å². The first-order chi connectivity index (χ1) is 18.5. The molecule has 214 valence electrons. The Morgan fingerprint density at radius 2 is 2.03 bits per heavy atom. The van der Waals surface area contributed by atoms with E-state index in [2.05, 4.69) is 31.2 Å². The average Bonchev–Trinajstić information content (AvgIpc) is 3.53. The fourth-order valence-electron chi connectivity index (χ4n) is 3.77. The van der Waals surface area contributed by atoms with Crippen LogP contribution in [0.15, 0.2) is 56.6 Å². The third-order valence-electron chi connectivity index (χ3n) is 5.43. The Balaban J connectivity index is 0.000000451. The second-order valence-electron chi connectivity index (χ2n) is 8.46. The molecule has 0 spiro atoms. The van der Waals surface area contributed by atoms with Crippen molar-refractivity contribution in [2.24, 2.45) is 4.99 Å². The Bertz CT molecular complexity index is 1160. The predicted octanol–water partition coefficient (Wildman–Crippen LogP) is 4.72. The molecule has 1 unspecified atom stereocenters. The Morgan fingerprint density at radius 1 is 1.31 bits per heavy atom. The number of aromatic nitrogens is 1. The van der Waals surface area contributed by atoms with Gasteiger partial charge in [0.05, 0.1) is 31.3 Å². The normalized spacial score (nSPS) is 18.1. The number of amides is 1. The molecular weight excluding hydrogens is 599 g/mol. The number of amidine groups is 1. The molecule has 1 N–H and O–H groups in total. The van der Waals surface area contributed by atoms with Crippen molar-refractivity contribution in [3.8, 4) is 0 Å². The quantitative estimate of drug-likeness (QED) is 0.464. The number of rotatable bonds is 6. The Kier molecular flexibility index (Phi) is 12.6. The van der Waals surface area contributed by atoms with Crippen LogP contribution in [0, 0.1) is 5.82 Å². The van der Waals surface area contributed by atoms with E-state index in [0.29, 0.717) is 16.5 Å². The maximum Gasteiger partial charge on any atom is 0.337 e. The molecule has 1 amide bonds. The van der Waals surface area contributed by atoms with Gasteiger partial charge in [-0.1, -0.05) is 35.8 Å². The van der Waals surface area contributed by atoms with Gasteiger partial charge < -0.3 is 15.0 Å². The van der Waals surface area contributed by atoms with Crippen LogP contribution in [0.2, 0.25) is 0 Å². The minimum Gasteiger partial charge on any atom is -0.463 e. The minimum absolute atomic E-state index is 0.0294. The molecule has 39 heavy (non-hydrogen) atoms. The van der Waals surface area contributed by atoms with Crippen molar-refractivity contribution in [2.45, 2.75) is 39.2 Å². The third kappa shape index (κ3) is 9.43. The maximum atomic E-state index is 14.1. The molecule has 3 heterocycles. The van der Waals surface area contributed by atoms with Gasteiger partial charge in [-0.3, -0.25) is 14.7 Å². The zero-order chi connectivity index (χ0) is 29.2. The highest BCUT2D eigenvalue weighted by molar-refractivity contribution is 9.10. The van der Waals surface area contributed by atoms with E-state index >= 15 is 0 Å². The molecule has 0 saturated carbocycles. The van der Waals surface area contributed by atoms with Gasteiger partial charge in [0.1, 0.15) is 5.82 Å². The van der Waals surface area contributed by atoms with Gasteiger partial charge in [0, 0.05) is 48.8 Å². The third-order valence-corrected chi connectivity index (χ3v) is 6.70. The maximum absolute atomic E-state index is 14.1. The Labute approximate surface area is 239 Å². The van der Waals surface area contributed by atoms with E-state index in [0.717, 1.165) is 4.47 Å². The number of likely N-dealkylation sites (tertiary alicyclic amines) is 1. The number of nitrogens with one attached hydrogen (secondary N) is 1. The number of benzene rings is 1. The van der Waals surface area contributed by atoms with Gasteiger partial charge in [-0.2, -0.15) is 0 Å². The molecule has 0 bridgehead atoms. The van der Waals surface area contributed by atoms with E-state index in [9.17, 15) is 22.8 Å². The number of halogens is 4. The highest BCUT2D eigenvalue weighted by Gasteiger charge is 2.48. The summed E-state index contributed by atoms with van der Waals surface area (Å²) in [4.78, 5) is 36.1. The molecule has 1 saturated heterocycles. The fourth-order valence-corrected chi connectivity index (χ4v) is 4.74. The second-order valence-corrected chi connectivity index (χ2v) is 10.3. The van der Waals surface area contributed by atoms with Gasteiger partial charge >= 0.3 is 5.97 Å². The zero-order valence-corrected chi connectivity index (χ0v) is 24.9. The van der Waals surface area contributed by atoms with Crippen molar-refractivity contribution in [1.29, 1.82) is 0 Å². The van der Waals surface area contributed by atoms with Crippen LogP contribution in [0.1, 0.15) is 32.2 Å². The summed E-state index contributed by atoms with van der Waals surface area (Å²) in [5, 5.41) is 5.46. The Morgan fingerprint density at radius 3 is 2.56 bits per heavy atom. The fraction of sp³-hybridized carbons (Fsp3) is 0.462. The summed E-state index contributed by atoms with van der Waals surface area (Å²) in [5.41, 5.74) is 0.663. The summed E-state index contributed by atoms with van der Waals surface area (Å²) in [6, 6.07) is 5.28. The first kappa shape index (κ1) is 32.4. The molecule has 1 aromatic carbocycles. The predicted molar refractivity (Wildman–Crippen MR) is 149 cm³/mol. The lowest BCUT2D eigenvalue weighted by Crippen LogP contribution is -2.46. The number of carbonyl (C=O) groups excluding carboxylic acids is 2. The summed E-state index contributed by atoms with van der Waals surface area (Å²) in [6.45, 7) is 5.32. The lowest BCUT2D eigenvalue weighted by Gasteiger charge is -2.28. The SMILES string of the molecule is CC.CCOC(=O)C1=C(CN2CC(F)(F)CC2C(=O)N(C)C)NC(c2nccs2)=NC1.Fc1cccc(Br)c1. The minimum atomic E-state index is -2.98. The molecule has 0 radical (unpaired) electrons. The topological polar surface area (TPSA) is 87.1 Å². The molecule has 4 rings (SSSR count). The lowest BCUT2D eigenvalue weighted by atomic mass is 10.1. The van der Waals surface area contributed by atoms with Crippen molar-refractivity contribution in [2.75, 3.05) is 40.3 Å². The molecule has 0 aliphatic carbocycles. The Hall–Kier alpha value is -2.77. The van der Waals surface area contributed by atoms with Crippen LogP contribution in [0.5, 0.6) is 0 Å². The van der Waals surface area contributed by atoms with E-state index < -0.39 is 36.8 Å². The molecule has 13 heteroatoms. The van der Waals surface area contributed by atoms with Crippen molar-refractivity contribution in [3.63, 3.8) is 0 Å². The highest BCUT2D eigenvalue weighted by Crippen LogP contribution is 2.33. The number of hydrogen-bond donors (Lipinski definition) is 1. The first-order valence-electron chi connectivity index (χ1n) is 12.4. The molecule has 2 aliphatic rings. The summed E-state index contributed by atoms with van der Waals surface area (Å²) >= 11 is 4.49. The standard InChI is InChI=1S/C18H23F2N5O3S.C6H4BrF.C2H6/c1-4-28-17(27)11-8-22-14(15-21-5-6-29-15)23-12(11)9-25-10-18(19,20)7-13(25)16(26)24(2)3;7-5-2-1-3-6(8)4-5;1-2/h5-6,13H,4,7-10H2,1-3H3,(H,22,23);1-4H;1-2H3. The first-order valence-corrected chi connectivity index (χ1v) is 14.0. The van der Waals surface area contributed by atoms with Crippen molar-refractivity contribution in [3.05, 3.63) is 62.4 Å². The number of nitrogens with zero attached hydrogens (tertiary/aromatic N) is 4. The van der Waals surface area contributed by atoms with Gasteiger partial charge in [0.25, 0.3) is 5.92 Å². The highest BCUT2D eigenvalue weighted by atomic mass is 79.9. The molecule has 1 atom stereocenters. The van der Waals surface area contributed by atoms with Crippen molar-refractivity contribution >= 4 is 45.0 Å². The van der Waals surface area contributed by atoms with Crippen LogP contribution >= 0.6 is 27.3 Å². The molecule has 8 nitrogen and oxygen atoms in total. The molecule has 1 aromatic heterocycles. The van der Waals surface area contributed by atoms with E-state index in [1.54, 1.807) is 30.6 Å². The lowest BCUT2D eigenvalue weighted by molar-refractivity contribution is -0.138. The number of likely N-dealkylation sites (N-methyl/N-ethyl adjacent to an activating group) is 1. The van der Waals surface area contributed by atoms with Crippen LogP contribution in [0.4, 0.5) is 13.2 Å². The number of thiazole rings is 1. The van der Waals surface area contributed by atoms with E-state index in [4.69, 9.17) is 4.74 Å². The van der Waals surface area contributed by atoms with Gasteiger partial charge in [0.2, 0.25) is 5.91 Å². The molecule has 2 aliphatic heterocycles. The number of ether oxygens (including phenoxy) is 1. The number of esters is 1. The van der Waals surface area contributed by atoms with Crippen LogP contribution in [-0.2, 0) is 14.3 Å². The summed E-state index contributed by atoms with van der Waals surface area (Å²) < 4.78 is 46.3. The van der Waals surface area contributed by atoms with E-state index in [-0.39, 0.29) is 31.1 Å². The molecule has 1 fully saturated rings. The molecule has 2 aromatic rings. The van der Waals surface area contributed by atoms with Gasteiger partial charge in [-0.05, 0) is 25.1 Å². The smallest absolute Gasteiger partial charge is 0.337 e. The largest absolute Gasteiger partial charge is 0.463 e. The number of aliphatic imine (C=N–C) groups is 1. The van der Waals surface area contributed by atoms with Crippen molar-refractivity contribution in [1.82, 2.24) is 20.1 Å². The van der Waals surface area contributed by atoms with Gasteiger partial charge in [-0.15, -0.1) is 11.3 Å².